The first-order chi connectivity index (χ1) is 12.5. The number of rotatable bonds is 8. The molecule has 0 unspecified atom stereocenters. The normalized spacial score (nSPS) is 10.3. The van der Waals surface area contributed by atoms with Crippen molar-refractivity contribution in [1.29, 1.82) is 0 Å². The van der Waals surface area contributed by atoms with Crippen molar-refractivity contribution in [3.05, 3.63) is 47.5 Å². The van der Waals surface area contributed by atoms with Crippen molar-refractivity contribution < 1.29 is 27.8 Å². The summed E-state index contributed by atoms with van der Waals surface area (Å²) in [4.78, 5) is 12.5. The van der Waals surface area contributed by atoms with Crippen LogP contribution in [0, 0.1) is 11.6 Å². The highest BCUT2D eigenvalue weighted by molar-refractivity contribution is 6.05. The Bertz CT molecular complexity index is 753. The van der Waals surface area contributed by atoms with E-state index in [1.54, 1.807) is 0 Å². The SMILES string of the molecule is CCOc1cc(C(=O)Nc2ccc(F)c(F)c2)cc(OCC)c1OCC. The van der Waals surface area contributed by atoms with Crippen LogP contribution < -0.4 is 19.5 Å². The summed E-state index contributed by atoms with van der Waals surface area (Å²) in [6.07, 6.45) is 0. The largest absolute Gasteiger partial charge is 0.490 e. The smallest absolute Gasteiger partial charge is 0.255 e. The van der Waals surface area contributed by atoms with Crippen molar-refractivity contribution in [2.24, 2.45) is 0 Å². The summed E-state index contributed by atoms with van der Waals surface area (Å²) in [5, 5.41) is 2.52. The van der Waals surface area contributed by atoms with Gasteiger partial charge in [0.25, 0.3) is 5.91 Å². The fourth-order valence-electron chi connectivity index (χ4n) is 2.30. The second-order valence-corrected chi connectivity index (χ2v) is 5.18. The van der Waals surface area contributed by atoms with Gasteiger partial charge in [-0.3, -0.25) is 4.79 Å². The van der Waals surface area contributed by atoms with E-state index >= 15 is 0 Å². The van der Waals surface area contributed by atoms with E-state index in [-0.39, 0.29) is 11.3 Å². The van der Waals surface area contributed by atoms with Crippen molar-refractivity contribution in [1.82, 2.24) is 0 Å². The van der Waals surface area contributed by atoms with Crippen LogP contribution in [0.3, 0.4) is 0 Å². The summed E-state index contributed by atoms with van der Waals surface area (Å²) in [6.45, 7) is 6.60. The van der Waals surface area contributed by atoms with Crippen LogP contribution in [0.1, 0.15) is 31.1 Å². The number of hydrogen-bond acceptors (Lipinski definition) is 4. The molecule has 140 valence electrons. The Morgan fingerprint density at radius 3 is 1.96 bits per heavy atom. The highest BCUT2D eigenvalue weighted by Crippen LogP contribution is 2.39. The molecule has 2 aromatic carbocycles. The summed E-state index contributed by atoms with van der Waals surface area (Å²) in [5.41, 5.74) is 0.379. The monoisotopic (exact) mass is 365 g/mol. The van der Waals surface area contributed by atoms with Gasteiger partial charge in [0, 0.05) is 17.3 Å². The molecule has 2 aromatic rings. The van der Waals surface area contributed by atoms with Crippen LogP contribution in [-0.2, 0) is 0 Å². The lowest BCUT2D eigenvalue weighted by Gasteiger charge is -2.17. The molecule has 7 heteroatoms. The van der Waals surface area contributed by atoms with E-state index in [4.69, 9.17) is 14.2 Å². The molecule has 0 bridgehead atoms. The van der Waals surface area contributed by atoms with E-state index < -0.39 is 17.5 Å². The molecule has 0 fully saturated rings. The second kappa shape index (κ2) is 9.03. The van der Waals surface area contributed by atoms with E-state index in [0.717, 1.165) is 12.1 Å². The van der Waals surface area contributed by atoms with Crippen LogP contribution in [0.4, 0.5) is 14.5 Å². The molecule has 1 amide bonds. The average molecular weight is 365 g/mol. The molecule has 1 N–H and O–H groups in total. The number of anilines is 1. The molecule has 0 atom stereocenters. The Kier molecular flexibility index (Phi) is 6.77. The van der Waals surface area contributed by atoms with Gasteiger partial charge >= 0.3 is 0 Å². The molecule has 0 spiro atoms. The third kappa shape index (κ3) is 4.62. The molecular formula is C19H21F2NO4. The van der Waals surface area contributed by atoms with Crippen molar-refractivity contribution >= 4 is 11.6 Å². The van der Waals surface area contributed by atoms with Gasteiger partial charge < -0.3 is 19.5 Å². The highest BCUT2D eigenvalue weighted by Gasteiger charge is 2.18. The van der Waals surface area contributed by atoms with Gasteiger partial charge in [0.1, 0.15) is 0 Å². The van der Waals surface area contributed by atoms with Crippen LogP contribution >= 0.6 is 0 Å². The quantitative estimate of drug-likeness (QED) is 0.753. The lowest BCUT2D eigenvalue weighted by molar-refractivity contribution is 0.102. The number of nitrogens with one attached hydrogen (secondary N) is 1. The molecule has 0 saturated heterocycles. The predicted molar refractivity (Wildman–Crippen MR) is 94.3 cm³/mol. The van der Waals surface area contributed by atoms with Gasteiger partial charge in [-0.15, -0.1) is 0 Å². The van der Waals surface area contributed by atoms with Crippen molar-refractivity contribution in [3.8, 4) is 17.2 Å². The first-order valence-electron chi connectivity index (χ1n) is 8.32. The summed E-state index contributed by atoms with van der Waals surface area (Å²) in [6, 6.07) is 6.17. The first-order valence-corrected chi connectivity index (χ1v) is 8.32. The van der Waals surface area contributed by atoms with Crippen molar-refractivity contribution in [3.63, 3.8) is 0 Å². The number of benzene rings is 2. The van der Waals surface area contributed by atoms with Gasteiger partial charge in [-0.1, -0.05) is 0 Å². The van der Waals surface area contributed by atoms with Crippen molar-refractivity contribution in [2.75, 3.05) is 25.1 Å². The van der Waals surface area contributed by atoms with E-state index in [2.05, 4.69) is 5.32 Å². The van der Waals surface area contributed by atoms with Crippen LogP contribution in [0.15, 0.2) is 30.3 Å². The molecule has 5 nitrogen and oxygen atoms in total. The number of ether oxygens (including phenoxy) is 3. The van der Waals surface area contributed by atoms with Gasteiger partial charge in [0.05, 0.1) is 19.8 Å². The molecular weight excluding hydrogens is 344 g/mol. The van der Waals surface area contributed by atoms with E-state index in [0.29, 0.717) is 37.1 Å². The van der Waals surface area contributed by atoms with Gasteiger partial charge in [-0.2, -0.15) is 0 Å². The van der Waals surface area contributed by atoms with Crippen LogP contribution in [0.2, 0.25) is 0 Å². The van der Waals surface area contributed by atoms with Crippen molar-refractivity contribution in [2.45, 2.75) is 20.8 Å². The Balaban J connectivity index is 2.36. The minimum absolute atomic E-state index is 0.138. The molecule has 0 saturated carbocycles. The summed E-state index contributed by atoms with van der Waals surface area (Å²) < 4.78 is 43.0. The van der Waals surface area contributed by atoms with Crippen LogP contribution in [-0.4, -0.2) is 25.7 Å². The third-order valence-corrected chi connectivity index (χ3v) is 3.35. The Hall–Kier alpha value is -2.83. The molecule has 2 rings (SSSR count). The predicted octanol–water partition coefficient (Wildman–Crippen LogP) is 4.41. The Morgan fingerprint density at radius 1 is 0.885 bits per heavy atom. The Labute approximate surface area is 150 Å². The number of carbonyl (C=O) groups excluding carboxylic acids is 1. The van der Waals surface area contributed by atoms with Gasteiger partial charge in [0.2, 0.25) is 5.75 Å². The zero-order valence-corrected chi connectivity index (χ0v) is 14.9. The molecule has 0 aliphatic heterocycles. The maximum Gasteiger partial charge on any atom is 0.255 e. The van der Waals surface area contributed by atoms with E-state index in [9.17, 15) is 13.6 Å². The minimum atomic E-state index is -1.04. The zero-order chi connectivity index (χ0) is 19.1. The summed E-state index contributed by atoms with van der Waals surface area (Å²) >= 11 is 0. The number of amides is 1. The van der Waals surface area contributed by atoms with Crippen LogP contribution in [0.5, 0.6) is 17.2 Å². The van der Waals surface area contributed by atoms with Gasteiger partial charge in [-0.25, -0.2) is 8.78 Å². The Morgan fingerprint density at radius 2 is 1.46 bits per heavy atom. The standard InChI is InChI=1S/C19H21F2NO4/c1-4-24-16-9-12(10-17(25-5-2)18(16)26-6-3)19(23)22-13-7-8-14(20)15(21)11-13/h7-11H,4-6H2,1-3H3,(H,22,23). The average Bonchev–Trinajstić information content (AvgIpc) is 2.61. The maximum absolute atomic E-state index is 13.3. The van der Waals surface area contributed by atoms with E-state index in [1.165, 1.54) is 18.2 Å². The number of carbonyl (C=O) groups is 1. The number of hydrogen-bond donors (Lipinski definition) is 1. The highest BCUT2D eigenvalue weighted by atomic mass is 19.2. The first kappa shape index (κ1) is 19.5. The summed E-state index contributed by atoms with van der Waals surface area (Å²) in [5.74, 6) is -1.38. The topological polar surface area (TPSA) is 56.8 Å². The molecule has 0 radical (unpaired) electrons. The lowest BCUT2D eigenvalue weighted by Crippen LogP contribution is -2.13. The third-order valence-electron chi connectivity index (χ3n) is 3.35. The fraction of sp³-hybridized carbons (Fsp3) is 0.316. The summed E-state index contributed by atoms with van der Waals surface area (Å²) in [7, 11) is 0. The molecule has 26 heavy (non-hydrogen) atoms. The van der Waals surface area contributed by atoms with Gasteiger partial charge in [0.15, 0.2) is 23.1 Å². The van der Waals surface area contributed by atoms with Crippen LogP contribution in [0.25, 0.3) is 0 Å². The van der Waals surface area contributed by atoms with Gasteiger partial charge in [-0.05, 0) is 45.0 Å². The molecule has 0 aromatic heterocycles. The molecule has 0 aliphatic rings. The fourth-order valence-corrected chi connectivity index (χ4v) is 2.30. The minimum Gasteiger partial charge on any atom is -0.490 e. The lowest BCUT2D eigenvalue weighted by atomic mass is 10.1. The molecule has 0 aliphatic carbocycles. The maximum atomic E-state index is 13.3. The number of halogens is 2. The molecule has 0 heterocycles. The second-order valence-electron chi connectivity index (χ2n) is 5.18. The van der Waals surface area contributed by atoms with E-state index in [1.807, 2.05) is 20.8 Å². The zero-order valence-electron chi connectivity index (χ0n) is 14.9.